The molecule has 4 rings (SSSR count). The molecule has 2 amide bonds. The Hall–Kier alpha value is -3.04. The first kappa shape index (κ1) is 28.0. The molecule has 3 atom stereocenters. The second-order valence-electron chi connectivity index (χ2n) is 12.2. The molecule has 0 saturated carbocycles. The third-order valence-corrected chi connectivity index (χ3v) is 7.97. The number of rotatable bonds is 6. The molecule has 0 spiro atoms. The van der Waals surface area contributed by atoms with Crippen molar-refractivity contribution in [3.63, 3.8) is 0 Å². The minimum atomic E-state index is -0.767. The Morgan fingerprint density at radius 3 is 2.42 bits per heavy atom. The predicted octanol–water partition coefficient (Wildman–Crippen LogP) is 4.81. The van der Waals surface area contributed by atoms with Crippen molar-refractivity contribution in [3.8, 4) is 10.4 Å². The molecule has 3 heterocycles. The van der Waals surface area contributed by atoms with Crippen LogP contribution in [-0.4, -0.2) is 50.7 Å². The number of nitrogens with zero attached hydrogens (tertiary/aromatic N) is 3. The number of aromatic nitrogens is 2. The molecule has 1 aliphatic heterocycles. The SMILES string of the molecule is Cc1ncsc1-c1ccc(CNC(=O)[C@@H]2C[C@@H](O)CN2C(=O)[C@@H](c2cc(C(C)(C)C)no2)C(C)(C)C)cc1. The number of carbonyl (C=O) groups excluding carboxylic acids is 2. The number of amides is 2. The number of hydrogen-bond donors (Lipinski definition) is 2. The van der Waals surface area contributed by atoms with Gasteiger partial charge in [0.1, 0.15) is 17.7 Å². The minimum Gasteiger partial charge on any atom is -0.391 e. The lowest BCUT2D eigenvalue weighted by Gasteiger charge is -2.33. The average Bonchev–Trinajstić information content (AvgIpc) is 3.57. The van der Waals surface area contributed by atoms with Gasteiger partial charge < -0.3 is 19.8 Å². The van der Waals surface area contributed by atoms with Gasteiger partial charge in [-0.1, -0.05) is 71.0 Å². The van der Waals surface area contributed by atoms with Gasteiger partial charge >= 0.3 is 0 Å². The molecule has 9 heteroatoms. The van der Waals surface area contributed by atoms with Crippen molar-refractivity contribution in [2.45, 2.75) is 84.9 Å². The predicted molar refractivity (Wildman–Crippen MR) is 148 cm³/mol. The van der Waals surface area contributed by atoms with Crippen molar-refractivity contribution in [3.05, 3.63) is 58.6 Å². The molecule has 0 bridgehead atoms. The summed E-state index contributed by atoms with van der Waals surface area (Å²) in [6.45, 7) is 14.4. The third kappa shape index (κ3) is 5.99. The Morgan fingerprint density at radius 2 is 1.87 bits per heavy atom. The molecule has 1 aromatic carbocycles. The first-order chi connectivity index (χ1) is 17.8. The van der Waals surface area contributed by atoms with E-state index in [-0.39, 0.29) is 30.2 Å². The van der Waals surface area contributed by atoms with Crippen molar-refractivity contribution in [2.24, 2.45) is 5.41 Å². The van der Waals surface area contributed by atoms with Gasteiger partial charge in [-0.3, -0.25) is 9.59 Å². The monoisotopic (exact) mass is 538 g/mol. The van der Waals surface area contributed by atoms with E-state index < -0.39 is 23.5 Å². The lowest BCUT2D eigenvalue weighted by Crippen LogP contribution is -2.49. The van der Waals surface area contributed by atoms with Crippen LogP contribution in [-0.2, 0) is 21.5 Å². The van der Waals surface area contributed by atoms with Crippen LogP contribution in [0.5, 0.6) is 0 Å². The van der Waals surface area contributed by atoms with Crippen molar-refractivity contribution in [1.29, 1.82) is 0 Å². The summed E-state index contributed by atoms with van der Waals surface area (Å²) in [5.41, 5.74) is 4.92. The Morgan fingerprint density at radius 1 is 1.18 bits per heavy atom. The molecule has 2 N–H and O–H groups in total. The maximum absolute atomic E-state index is 13.9. The zero-order valence-corrected chi connectivity index (χ0v) is 24.1. The van der Waals surface area contributed by atoms with Crippen molar-refractivity contribution in [1.82, 2.24) is 20.4 Å². The lowest BCUT2D eigenvalue weighted by molar-refractivity contribution is -0.142. The first-order valence-corrected chi connectivity index (χ1v) is 13.9. The van der Waals surface area contributed by atoms with Crippen molar-refractivity contribution >= 4 is 23.2 Å². The van der Waals surface area contributed by atoms with Crippen molar-refractivity contribution in [2.75, 3.05) is 6.54 Å². The summed E-state index contributed by atoms with van der Waals surface area (Å²) in [6.07, 6.45) is -0.570. The van der Waals surface area contributed by atoms with Crippen LogP contribution in [0.3, 0.4) is 0 Å². The fourth-order valence-corrected chi connectivity index (χ4v) is 5.64. The average molecular weight is 539 g/mol. The summed E-state index contributed by atoms with van der Waals surface area (Å²) in [6, 6.07) is 9.09. The van der Waals surface area contributed by atoms with E-state index in [0.29, 0.717) is 12.3 Å². The molecule has 0 unspecified atom stereocenters. The number of carbonyl (C=O) groups is 2. The number of aliphatic hydroxyl groups is 1. The number of thiazole rings is 1. The molecule has 3 aromatic rings. The molecule has 38 heavy (non-hydrogen) atoms. The molecule has 204 valence electrons. The molecule has 1 saturated heterocycles. The number of aryl methyl sites for hydroxylation is 1. The van der Waals surface area contributed by atoms with E-state index in [2.05, 4.69) is 15.5 Å². The minimum absolute atomic E-state index is 0.104. The maximum atomic E-state index is 13.9. The zero-order chi connectivity index (χ0) is 27.8. The highest BCUT2D eigenvalue weighted by Crippen LogP contribution is 2.39. The smallest absolute Gasteiger partial charge is 0.243 e. The molecule has 0 aliphatic carbocycles. The van der Waals surface area contributed by atoms with Crippen LogP contribution < -0.4 is 5.32 Å². The number of aliphatic hydroxyl groups excluding tert-OH is 1. The van der Waals surface area contributed by atoms with Crippen LogP contribution in [0.1, 0.15) is 76.6 Å². The second-order valence-corrected chi connectivity index (χ2v) is 13.1. The first-order valence-electron chi connectivity index (χ1n) is 13.0. The number of β-amino-alcohol motifs (C(OH)–C–C–N with tert-alkyl or cyclic N) is 1. The molecule has 2 aromatic heterocycles. The standard InChI is InChI=1S/C29H38N4O4S/c1-17-25(38-16-31-17)19-10-8-18(9-11-19)14-30-26(35)21-12-20(34)15-33(21)27(36)24(29(5,6)7)22-13-23(32-37-22)28(2,3)4/h8-11,13,16,20-21,24,34H,12,14-15H2,1-7H3,(H,30,35)/t20-,21+,24-/m1/s1. The van der Waals surface area contributed by atoms with Crippen LogP contribution in [0, 0.1) is 12.3 Å². The molecule has 1 fully saturated rings. The second kappa shape index (κ2) is 10.6. The van der Waals surface area contributed by atoms with Crippen LogP contribution >= 0.6 is 11.3 Å². The topological polar surface area (TPSA) is 109 Å². The zero-order valence-electron chi connectivity index (χ0n) is 23.2. The summed E-state index contributed by atoms with van der Waals surface area (Å²) in [4.78, 5) is 34.1. The van der Waals surface area contributed by atoms with Gasteiger partial charge in [-0.15, -0.1) is 11.3 Å². The van der Waals surface area contributed by atoms with E-state index >= 15 is 0 Å². The molecule has 0 radical (unpaired) electrons. The van der Waals surface area contributed by atoms with Gasteiger partial charge in [0.2, 0.25) is 11.8 Å². The van der Waals surface area contributed by atoms with Gasteiger partial charge in [0.25, 0.3) is 0 Å². The summed E-state index contributed by atoms with van der Waals surface area (Å²) in [5, 5.41) is 17.6. The Kier molecular flexibility index (Phi) is 7.81. The fraction of sp³-hybridized carbons (Fsp3) is 0.517. The van der Waals surface area contributed by atoms with E-state index in [1.165, 1.54) is 4.90 Å². The van der Waals surface area contributed by atoms with Gasteiger partial charge in [0, 0.05) is 31.0 Å². The number of benzene rings is 1. The van der Waals surface area contributed by atoms with Gasteiger partial charge in [0.15, 0.2) is 0 Å². The van der Waals surface area contributed by atoms with Crippen LogP contribution in [0.25, 0.3) is 10.4 Å². The van der Waals surface area contributed by atoms with Crippen LogP contribution in [0.2, 0.25) is 0 Å². The van der Waals surface area contributed by atoms with Crippen LogP contribution in [0.4, 0.5) is 0 Å². The summed E-state index contributed by atoms with van der Waals surface area (Å²) in [7, 11) is 0. The van der Waals surface area contributed by atoms with E-state index in [0.717, 1.165) is 27.4 Å². The highest BCUT2D eigenvalue weighted by atomic mass is 32.1. The van der Waals surface area contributed by atoms with E-state index in [1.807, 2.05) is 84.3 Å². The fourth-order valence-electron chi connectivity index (χ4n) is 4.83. The van der Waals surface area contributed by atoms with Gasteiger partial charge in [-0.2, -0.15) is 0 Å². The summed E-state index contributed by atoms with van der Waals surface area (Å²) < 4.78 is 5.67. The third-order valence-electron chi connectivity index (χ3n) is 6.99. The van der Waals surface area contributed by atoms with Gasteiger partial charge in [-0.05, 0) is 23.5 Å². The van der Waals surface area contributed by atoms with E-state index in [9.17, 15) is 14.7 Å². The normalized spacial score (nSPS) is 19.0. The van der Waals surface area contributed by atoms with Crippen LogP contribution in [0.15, 0.2) is 40.4 Å². The Balaban J connectivity index is 1.48. The largest absolute Gasteiger partial charge is 0.391 e. The lowest BCUT2D eigenvalue weighted by atomic mass is 9.77. The number of nitrogens with one attached hydrogen (secondary N) is 1. The Labute approximate surface area is 228 Å². The summed E-state index contributed by atoms with van der Waals surface area (Å²) >= 11 is 1.60. The number of likely N-dealkylation sites (tertiary alicyclic amines) is 1. The number of hydrogen-bond acceptors (Lipinski definition) is 7. The summed E-state index contributed by atoms with van der Waals surface area (Å²) in [5.74, 6) is -0.688. The van der Waals surface area contributed by atoms with Gasteiger partial charge in [-0.25, -0.2) is 4.98 Å². The quantitative estimate of drug-likeness (QED) is 0.466. The highest BCUT2D eigenvalue weighted by Gasteiger charge is 2.46. The molecular weight excluding hydrogens is 500 g/mol. The molecular formula is C29H38N4O4S. The van der Waals surface area contributed by atoms with E-state index in [4.69, 9.17) is 4.52 Å². The Bertz CT molecular complexity index is 1280. The molecule has 8 nitrogen and oxygen atoms in total. The molecule has 1 aliphatic rings. The maximum Gasteiger partial charge on any atom is 0.243 e. The van der Waals surface area contributed by atoms with Crippen molar-refractivity contribution < 1.29 is 19.2 Å². The highest BCUT2D eigenvalue weighted by molar-refractivity contribution is 7.13. The van der Waals surface area contributed by atoms with Gasteiger partial charge in [0.05, 0.1) is 27.9 Å². The van der Waals surface area contributed by atoms with E-state index in [1.54, 1.807) is 11.3 Å².